The SMILES string of the molecule is O=C(CC(c1ccccc1)c1ccccc1)NCCn1nc(-c2ccco2)n(C2CC2)c1=O. The fraction of sp³-hybridized carbons (Fsp3) is 0.269. The largest absolute Gasteiger partial charge is 0.461 e. The molecule has 168 valence electrons. The third kappa shape index (κ3) is 4.67. The number of furan rings is 1. The number of aromatic nitrogens is 3. The summed E-state index contributed by atoms with van der Waals surface area (Å²) in [4.78, 5) is 25.7. The molecule has 1 fully saturated rings. The van der Waals surface area contributed by atoms with E-state index >= 15 is 0 Å². The number of rotatable bonds is 9. The van der Waals surface area contributed by atoms with Crippen LogP contribution in [0.25, 0.3) is 11.6 Å². The van der Waals surface area contributed by atoms with Gasteiger partial charge in [0.2, 0.25) is 11.7 Å². The van der Waals surface area contributed by atoms with Gasteiger partial charge in [-0.25, -0.2) is 9.48 Å². The maximum atomic E-state index is 12.9. The Bertz CT molecular complexity index is 1220. The molecule has 0 atom stereocenters. The lowest BCUT2D eigenvalue weighted by Gasteiger charge is -2.18. The molecule has 5 rings (SSSR count). The highest BCUT2D eigenvalue weighted by molar-refractivity contribution is 5.77. The highest BCUT2D eigenvalue weighted by Gasteiger charge is 2.31. The molecule has 0 spiro atoms. The second kappa shape index (κ2) is 9.32. The fourth-order valence-electron chi connectivity index (χ4n) is 4.16. The molecule has 1 aliphatic rings. The number of carbonyl (C=O) groups is 1. The molecule has 0 unspecified atom stereocenters. The highest BCUT2D eigenvalue weighted by atomic mass is 16.3. The fourth-order valence-corrected chi connectivity index (χ4v) is 4.16. The minimum Gasteiger partial charge on any atom is -0.461 e. The predicted octanol–water partition coefficient (Wildman–Crippen LogP) is 3.98. The standard InChI is InChI=1S/C26H26N4O3/c31-24(18-22(19-8-3-1-4-9-19)20-10-5-2-6-11-20)27-15-16-29-26(32)30(21-13-14-21)25(28-29)23-12-7-17-33-23/h1-12,17,21-22H,13-16,18H2,(H,27,31). The van der Waals surface area contributed by atoms with Crippen LogP contribution in [0.3, 0.4) is 0 Å². The molecule has 1 saturated carbocycles. The topological polar surface area (TPSA) is 82.1 Å². The van der Waals surface area contributed by atoms with E-state index in [0.717, 1.165) is 24.0 Å². The van der Waals surface area contributed by atoms with E-state index in [1.807, 2.05) is 60.7 Å². The summed E-state index contributed by atoms with van der Waals surface area (Å²) < 4.78 is 8.60. The van der Waals surface area contributed by atoms with Gasteiger partial charge in [0.1, 0.15) is 0 Å². The van der Waals surface area contributed by atoms with Gasteiger partial charge >= 0.3 is 5.69 Å². The molecular formula is C26H26N4O3. The first-order valence-electron chi connectivity index (χ1n) is 11.3. The van der Waals surface area contributed by atoms with Crippen molar-refractivity contribution >= 4 is 5.91 Å². The van der Waals surface area contributed by atoms with Crippen LogP contribution in [0.5, 0.6) is 0 Å². The van der Waals surface area contributed by atoms with Crippen molar-refractivity contribution in [3.8, 4) is 11.6 Å². The molecule has 4 aromatic rings. The Morgan fingerprint density at radius 2 is 1.67 bits per heavy atom. The van der Waals surface area contributed by atoms with E-state index in [9.17, 15) is 9.59 Å². The number of hydrogen-bond donors (Lipinski definition) is 1. The van der Waals surface area contributed by atoms with E-state index in [1.54, 1.807) is 23.0 Å². The van der Waals surface area contributed by atoms with Crippen LogP contribution in [0.4, 0.5) is 0 Å². The minimum absolute atomic E-state index is 0.0326. The zero-order valence-electron chi connectivity index (χ0n) is 18.3. The average molecular weight is 443 g/mol. The molecule has 2 aromatic carbocycles. The van der Waals surface area contributed by atoms with Crippen molar-refractivity contribution in [1.82, 2.24) is 19.7 Å². The molecular weight excluding hydrogens is 416 g/mol. The van der Waals surface area contributed by atoms with E-state index < -0.39 is 0 Å². The van der Waals surface area contributed by atoms with Crippen molar-refractivity contribution in [2.75, 3.05) is 6.54 Å². The molecule has 2 heterocycles. The van der Waals surface area contributed by atoms with Gasteiger partial charge in [0, 0.05) is 24.9 Å². The molecule has 1 amide bonds. The van der Waals surface area contributed by atoms with E-state index in [-0.39, 0.29) is 23.6 Å². The quantitative estimate of drug-likeness (QED) is 0.425. The maximum Gasteiger partial charge on any atom is 0.346 e. The number of amides is 1. The van der Waals surface area contributed by atoms with Gasteiger partial charge in [0.05, 0.1) is 12.8 Å². The van der Waals surface area contributed by atoms with Crippen LogP contribution >= 0.6 is 0 Å². The van der Waals surface area contributed by atoms with Crippen LogP contribution in [-0.4, -0.2) is 26.8 Å². The maximum absolute atomic E-state index is 12.9. The van der Waals surface area contributed by atoms with Gasteiger partial charge in [0.25, 0.3) is 0 Å². The summed E-state index contributed by atoms with van der Waals surface area (Å²) in [7, 11) is 0. The average Bonchev–Trinajstić information content (AvgIpc) is 3.42. The van der Waals surface area contributed by atoms with Crippen molar-refractivity contribution in [3.05, 3.63) is 101 Å². The molecule has 0 bridgehead atoms. The number of hydrogen-bond acceptors (Lipinski definition) is 4. The van der Waals surface area contributed by atoms with Crippen LogP contribution in [0.2, 0.25) is 0 Å². The lowest BCUT2D eigenvalue weighted by Crippen LogP contribution is -2.32. The highest BCUT2D eigenvalue weighted by Crippen LogP contribution is 2.36. The lowest BCUT2D eigenvalue weighted by molar-refractivity contribution is -0.121. The smallest absolute Gasteiger partial charge is 0.346 e. The number of nitrogens with one attached hydrogen (secondary N) is 1. The molecule has 1 aliphatic carbocycles. The van der Waals surface area contributed by atoms with Crippen LogP contribution < -0.4 is 11.0 Å². The molecule has 33 heavy (non-hydrogen) atoms. The van der Waals surface area contributed by atoms with Crippen LogP contribution in [0, 0.1) is 0 Å². The van der Waals surface area contributed by atoms with Crippen LogP contribution in [-0.2, 0) is 11.3 Å². The van der Waals surface area contributed by atoms with Gasteiger partial charge in [-0.05, 0) is 36.1 Å². The van der Waals surface area contributed by atoms with Gasteiger partial charge in [0.15, 0.2) is 5.76 Å². The lowest BCUT2D eigenvalue weighted by atomic mass is 9.88. The van der Waals surface area contributed by atoms with Gasteiger partial charge in [-0.1, -0.05) is 60.7 Å². The zero-order chi connectivity index (χ0) is 22.6. The summed E-state index contributed by atoms with van der Waals surface area (Å²) in [6.07, 6.45) is 3.84. The van der Waals surface area contributed by atoms with Gasteiger partial charge < -0.3 is 9.73 Å². The Kier molecular flexibility index (Phi) is 5.93. The molecule has 0 aliphatic heterocycles. The van der Waals surface area contributed by atoms with Gasteiger partial charge in [-0.2, -0.15) is 0 Å². The number of benzene rings is 2. The van der Waals surface area contributed by atoms with Crippen molar-refractivity contribution in [2.24, 2.45) is 0 Å². The molecule has 1 N–H and O–H groups in total. The van der Waals surface area contributed by atoms with Gasteiger partial charge in [-0.3, -0.25) is 9.36 Å². The molecule has 2 aromatic heterocycles. The number of nitrogens with zero attached hydrogens (tertiary/aromatic N) is 3. The molecule has 7 heteroatoms. The third-order valence-corrected chi connectivity index (χ3v) is 5.96. The summed E-state index contributed by atoms with van der Waals surface area (Å²) in [5.41, 5.74) is 2.03. The summed E-state index contributed by atoms with van der Waals surface area (Å²) in [6, 6.07) is 23.9. The zero-order valence-corrected chi connectivity index (χ0v) is 18.3. The van der Waals surface area contributed by atoms with Crippen molar-refractivity contribution < 1.29 is 9.21 Å². The summed E-state index contributed by atoms with van der Waals surface area (Å²) >= 11 is 0. The van der Waals surface area contributed by atoms with Gasteiger partial charge in [-0.15, -0.1) is 5.10 Å². The Hall–Kier alpha value is -3.87. The first kappa shape index (κ1) is 21.0. The molecule has 0 radical (unpaired) electrons. The summed E-state index contributed by atoms with van der Waals surface area (Å²) in [6.45, 7) is 0.633. The second-order valence-corrected chi connectivity index (χ2v) is 8.34. The Labute approximate surface area is 191 Å². The Balaban J connectivity index is 1.26. The van der Waals surface area contributed by atoms with Crippen LogP contribution in [0.15, 0.2) is 88.3 Å². The van der Waals surface area contributed by atoms with Crippen molar-refractivity contribution in [1.29, 1.82) is 0 Å². The van der Waals surface area contributed by atoms with Crippen molar-refractivity contribution in [2.45, 2.75) is 37.8 Å². The van der Waals surface area contributed by atoms with Crippen LogP contribution in [0.1, 0.15) is 42.3 Å². The third-order valence-electron chi connectivity index (χ3n) is 5.96. The second-order valence-electron chi connectivity index (χ2n) is 8.34. The first-order chi connectivity index (χ1) is 16.2. The predicted molar refractivity (Wildman–Crippen MR) is 125 cm³/mol. The monoisotopic (exact) mass is 442 g/mol. The Morgan fingerprint density at radius 1 is 1.00 bits per heavy atom. The normalized spacial score (nSPS) is 13.4. The summed E-state index contributed by atoms with van der Waals surface area (Å²) in [5, 5.41) is 7.45. The van der Waals surface area contributed by atoms with E-state index in [4.69, 9.17) is 4.42 Å². The van der Waals surface area contributed by atoms with Crippen molar-refractivity contribution in [3.63, 3.8) is 0 Å². The minimum atomic E-state index is -0.162. The molecule has 7 nitrogen and oxygen atoms in total. The summed E-state index contributed by atoms with van der Waals surface area (Å²) in [5.74, 6) is 1.03. The molecule has 0 saturated heterocycles. The Morgan fingerprint density at radius 3 is 2.24 bits per heavy atom. The van der Waals surface area contributed by atoms with E-state index in [0.29, 0.717) is 31.1 Å². The number of carbonyl (C=O) groups excluding carboxylic acids is 1. The first-order valence-corrected chi connectivity index (χ1v) is 11.3. The van der Waals surface area contributed by atoms with E-state index in [2.05, 4.69) is 10.4 Å². The van der Waals surface area contributed by atoms with E-state index in [1.165, 1.54) is 4.68 Å².